The Morgan fingerprint density at radius 2 is 2.19 bits per heavy atom. The summed E-state index contributed by atoms with van der Waals surface area (Å²) in [6, 6.07) is 5.87. The van der Waals surface area contributed by atoms with Gasteiger partial charge in [0.2, 0.25) is 5.91 Å². The summed E-state index contributed by atoms with van der Waals surface area (Å²) in [6.07, 6.45) is -2.71. The van der Waals surface area contributed by atoms with Crippen LogP contribution in [-0.4, -0.2) is 44.2 Å². The van der Waals surface area contributed by atoms with E-state index < -0.39 is 19.1 Å². The number of nitrogens with one attached hydrogen (secondary N) is 2. The molecule has 1 aliphatic rings. The lowest BCUT2D eigenvalue weighted by Crippen LogP contribution is -2.53. The van der Waals surface area contributed by atoms with Crippen molar-refractivity contribution in [2.24, 2.45) is 0 Å². The van der Waals surface area contributed by atoms with E-state index in [1.807, 2.05) is 6.92 Å². The van der Waals surface area contributed by atoms with Crippen LogP contribution >= 0.6 is 0 Å². The largest absolute Gasteiger partial charge is 0.488 e. The van der Waals surface area contributed by atoms with Crippen LogP contribution in [0.3, 0.4) is 0 Å². The molecule has 1 amide bonds. The summed E-state index contributed by atoms with van der Waals surface area (Å²) in [5.41, 5.74) is 0.573. The Morgan fingerprint density at radius 1 is 1.48 bits per heavy atom. The molecule has 0 bridgehead atoms. The summed E-state index contributed by atoms with van der Waals surface area (Å²) < 4.78 is 34.3. The van der Waals surface area contributed by atoms with E-state index in [0.717, 1.165) is 0 Å². The van der Waals surface area contributed by atoms with Gasteiger partial charge in [0.1, 0.15) is 18.4 Å². The van der Waals surface area contributed by atoms with Crippen molar-refractivity contribution in [2.75, 3.05) is 25.1 Å². The normalized spacial score (nSPS) is 22.1. The molecule has 2 atom stereocenters. The highest BCUT2D eigenvalue weighted by Crippen LogP contribution is 2.17. The molecule has 1 aliphatic heterocycles. The summed E-state index contributed by atoms with van der Waals surface area (Å²) >= 11 is 0. The monoisotopic (exact) mass is 300 g/mol. The second-order valence-electron chi connectivity index (χ2n) is 4.72. The highest BCUT2D eigenvalue weighted by molar-refractivity contribution is 5.95. The maximum atomic E-state index is 12.1. The predicted molar refractivity (Wildman–Crippen MR) is 73.8 cm³/mol. The van der Waals surface area contributed by atoms with Crippen molar-refractivity contribution in [1.82, 2.24) is 5.32 Å². The van der Waals surface area contributed by atoms with E-state index in [1.54, 1.807) is 12.1 Å². The summed E-state index contributed by atoms with van der Waals surface area (Å²) in [7, 11) is 0. The molecular formula is C14H18F2N2O3. The van der Waals surface area contributed by atoms with Crippen LogP contribution in [0.2, 0.25) is 0 Å². The average Bonchev–Trinajstić information content (AvgIpc) is 2.47. The van der Waals surface area contributed by atoms with E-state index in [-0.39, 0.29) is 12.0 Å². The Morgan fingerprint density at radius 3 is 2.81 bits per heavy atom. The molecule has 21 heavy (non-hydrogen) atoms. The van der Waals surface area contributed by atoms with Crippen molar-refractivity contribution in [3.63, 3.8) is 0 Å². The number of hydrogen-bond acceptors (Lipinski definition) is 4. The fourth-order valence-corrected chi connectivity index (χ4v) is 2.04. The maximum Gasteiger partial charge on any atom is 0.272 e. The minimum atomic E-state index is -2.51. The molecule has 0 radical (unpaired) electrons. The molecule has 0 spiro atoms. The predicted octanol–water partition coefficient (Wildman–Crippen LogP) is 1.65. The van der Waals surface area contributed by atoms with Gasteiger partial charge in [-0.05, 0) is 31.2 Å². The summed E-state index contributed by atoms with van der Waals surface area (Å²) in [6.45, 7) is 2.40. The van der Waals surface area contributed by atoms with Gasteiger partial charge < -0.3 is 20.1 Å². The first-order valence-corrected chi connectivity index (χ1v) is 6.73. The minimum Gasteiger partial charge on any atom is -0.488 e. The third-order valence-electron chi connectivity index (χ3n) is 3.10. The third kappa shape index (κ3) is 4.64. The number of alkyl halides is 2. The fourth-order valence-electron chi connectivity index (χ4n) is 2.04. The Bertz CT molecular complexity index is 468. The van der Waals surface area contributed by atoms with Gasteiger partial charge >= 0.3 is 0 Å². The first kappa shape index (κ1) is 15.7. The molecule has 0 saturated carbocycles. The molecule has 1 saturated heterocycles. The van der Waals surface area contributed by atoms with Crippen LogP contribution in [0.5, 0.6) is 5.75 Å². The van der Waals surface area contributed by atoms with Gasteiger partial charge in [0.15, 0.2) is 0 Å². The van der Waals surface area contributed by atoms with E-state index in [1.165, 1.54) is 12.1 Å². The minimum absolute atomic E-state index is 0.191. The van der Waals surface area contributed by atoms with Crippen LogP contribution in [0.15, 0.2) is 24.3 Å². The van der Waals surface area contributed by atoms with E-state index >= 15 is 0 Å². The number of carbonyl (C=O) groups is 1. The molecule has 2 N–H and O–H groups in total. The van der Waals surface area contributed by atoms with Crippen LogP contribution in [0.25, 0.3) is 0 Å². The molecule has 1 heterocycles. The summed E-state index contributed by atoms with van der Waals surface area (Å²) in [4.78, 5) is 12.1. The van der Waals surface area contributed by atoms with Gasteiger partial charge in [0.05, 0.1) is 12.7 Å². The van der Waals surface area contributed by atoms with Crippen molar-refractivity contribution in [3.05, 3.63) is 24.3 Å². The first-order chi connectivity index (χ1) is 10.1. The zero-order chi connectivity index (χ0) is 15.2. The van der Waals surface area contributed by atoms with Crippen molar-refractivity contribution in [1.29, 1.82) is 0 Å². The van der Waals surface area contributed by atoms with Crippen LogP contribution in [0, 0.1) is 0 Å². The number of ether oxygens (including phenoxy) is 2. The summed E-state index contributed by atoms with van der Waals surface area (Å²) in [5.74, 6) is 0.143. The van der Waals surface area contributed by atoms with Crippen LogP contribution in [0.4, 0.5) is 14.5 Å². The molecule has 0 aromatic heterocycles. The number of hydrogen-bond donors (Lipinski definition) is 2. The lowest BCUT2D eigenvalue weighted by Gasteiger charge is -2.29. The van der Waals surface area contributed by atoms with Gasteiger partial charge in [-0.3, -0.25) is 4.79 Å². The number of anilines is 1. The number of rotatable bonds is 5. The quantitative estimate of drug-likeness (QED) is 0.868. The molecule has 2 rings (SSSR count). The second kappa shape index (κ2) is 7.33. The van der Waals surface area contributed by atoms with E-state index in [0.29, 0.717) is 24.6 Å². The molecule has 1 aromatic rings. The van der Waals surface area contributed by atoms with Crippen molar-refractivity contribution >= 4 is 11.6 Å². The van der Waals surface area contributed by atoms with Crippen LogP contribution < -0.4 is 15.4 Å². The average molecular weight is 300 g/mol. The maximum absolute atomic E-state index is 12.1. The SMILES string of the molecule is C[C@H]1OCCN[C@@H]1C(=O)Nc1ccc(OCC(F)F)cc1. The lowest BCUT2D eigenvalue weighted by molar-refractivity contribution is -0.123. The fraction of sp³-hybridized carbons (Fsp3) is 0.500. The Labute approximate surface area is 121 Å². The third-order valence-corrected chi connectivity index (χ3v) is 3.10. The molecule has 116 valence electrons. The topological polar surface area (TPSA) is 59.6 Å². The Kier molecular flexibility index (Phi) is 5.46. The van der Waals surface area contributed by atoms with Crippen LogP contribution in [0.1, 0.15) is 6.92 Å². The van der Waals surface area contributed by atoms with Gasteiger partial charge in [-0.1, -0.05) is 0 Å². The highest BCUT2D eigenvalue weighted by Gasteiger charge is 2.28. The van der Waals surface area contributed by atoms with Gasteiger partial charge in [-0.2, -0.15) is 0 Å². The Hall–Kier alpha value is -1.73. The van der Waals surface area contributed by atoms with Gasteiger partial charge in [-0.25, -0.2) is 8.78 Å². The van der Waals surface area contributed by atoms with Gasteiger partial charge in [0.25, 0.3) is 6.43 Å². The standard InChI is InChI=1S/C14H18F2N2O3/c1-9-13(17-6-7-20-9)14(19)18-10-2-4-11(5-3-10)21-8-12(15)16/h2-5,9,12-13,17H,6-8H2,1H3,(H,18,19)/t9-,13+/m1/s1. The smallest absolute Gasteiger partial charge is 0.272 e. The molecule has 0 unspecified atom stereocenters. The van der Waals surface area contributed by atoms with Crippen molar-refractivity contribution in [3.8, 4) is 5.75 Å². The van der Waals surface area contributed by atoms with E-state index in [9.17, 15) is 13.6 Å². The molecule has 0 aliphatic carbocycles. The second-order valence-corrected chi connectivity index (χ2v) is 4.72. The molecule has 1 fully saturated rings. The van der Waals surface area contributed by atoms with Crippen LogP contribution in [-0.2, 0) is 9.53 Å². The van der Waals surface area contributed by atoms with E-state index in [4.69, 9.17) is 9.47 Å². The molecule has 1 aromatic carbocycles. The molecule has 5 nitrogen and oxygen atoms in total. The van der Waals surface area contributed by atoms with Crippen molar-refractivity contribution < 1.29 is 23.0 Å². The number of carbonyl (C=O) groups excluding carboxylic acids is 1. The van der Waals surface area contributed by atoms with Gasteiger partial charge in [-0.15, -0.1) is 0 Å². The number of benzene rings is 1. The molecular weight excluding hydrogens is 282 g/mol. The number of halogens is 2. The highest BCUT2D eigenvalue weighted by atomic mass is 19.3. The van der Waals surface area contributed by atoms with Gasteiger partial charge in [0, 0.05) is 12.2 Å². The van der Waals surface area contributed by atoms with Crippen molar-refractivity contribution in [2.45, 2.75) is 25.5 Å². The zero-order valence-electron chi connectivity index (χ0n) is 11.6. The lowest BCUT2D eigenvalue weighted by atomic mass is 10.1. The number of amides is 1. The first-order valence-electron chi connectivity index (χ1n) is 6.73. The zero-order valence-corrected chi connectivity index (χ0v) is 11.6. The van der Waals surface area contributed by atoms with E-state index in [2.05, 4.69) is 10.6 Å². The summed E-state index contributed by atoms with van der Waals surface area (Å²) in [5, 5.41) is 5.84. The number of morpholine rings is 1. The Balaban J connectivity index is 1.89. The molecule has 7 heteroatoms.